The first kappa shape index (κ1) is 26.2. The van der Waals surface area contributed by atoms with Gasteiger partial charge in [0.25, 0.3) is 0 Å². The Kier molecular flexibility index (Phi) is 9.03. The molecule has 0 spiro atoms. The molecule has 31 heavy (non-hydrogen) atoms. The normalized spacial score (nSPS) is 13.0. The zero-order valence-corrected chi connectivity index (χ0v) is 21.1. The number of benzene rings is 1. The highest BCUT2D eigenvalue weighted by Crippen LogP contribution is 2.41. The number of carbonyl (C=O) groups excluding carboxylic acids is 1. The van der Waals surface area contributed by atoms with Crippen molar-refractivity contribution in [3.05, 3.63) is 53.1 Å². The molecular formula is C20H17Cl6N3O2. The van der Waals surface area contributed by atoms with E-state index in [-0.39, 0.29) is 23.3 Å². The Morgan fingerprint density at radius 3 is 2.06 bits per heavy atom. The molecule has 0 saturated carbocycles. The minimum atomic E-state index is -1.99. The molecule has 0 N–H and O–H groups in total. The van der Waals surface area contributed by atoms with Crippen LogP contribution < -0.4 is 4.74 Å². The number of halogens is 6. The summed E-state index contributed by atoms with van der Waals surface area (Å²) in [5, 5.41) is 0. The average Bonchev–Trinajstić information content (AvgIpc) is 2.69. The third-order valence-electron chi connectivity index (χ3n) is 3.89. The van der Waals surface area contributed by atoms with Crippen LogP contribution in [0.2, 0.25) is 0 Å². The molecule has 2 rings (SSSR count). The summed E-state index contributed by atoms with van der Waals surface area (Å²) in [7, 11) is 1.52. The van der Waals surface area contributed by atoms with E-state index in [0.717, 1.165) is 6.42 Å². The number of aromatic nitrogens is 3. The maximum atomic E-state index is 12.1. The topological polar surface area (TPSA) is 65.0 Å². The van der Waals surface area contributed by atoms with Crippen molar-refractivity contribution >= 4 is 81.5 Å². The standard InChI is InChI=1S/C20H17Cl6N3O2/c1-4-5-6-12(11(2)30)9-13-10-14(31-3)7-8-15(13)16-27-17(19(21,22)23)29-18(28-16)20(24,25)26/h5-10H,4H2,1-3H3/b6-5-,12-9+. The van der Waals surface area contributed by atoms with E-state index in [9.17, 15) is 4.79 Å². The Morgan fingerprint density at radius 2 is 1.61 bits per heavy atom. The number of ketones is 1. The molecule has 166 valence electrons. The first-order chi connectivity index (χ1) is 14.4. The molecule has 11 heteroatoms. The van der Waals surface area contributed by atoms with Gasteiger partial charge in [0.15, 0.2) is 23.3 Å². The number of allylic oxidation sites excluding steroid dienone is 3. The fraction of sp³-hybridized carbons (Fsp3) is 0.300. The summed E-state index contributed by atoms with van der Waals surface area (Å²) in [4.78, 5) is 24.6. The summed E-state index contributed by atoms with van der Waals surface area (Å²) in [5.74, 6) is 0.0844. The SMILES string of the molecule is CC/C=C\C(=C/c1cc(OC)ccc1-c1nc(C(Cl)(Cl)Cl)nc(C(Cl)(Cl)Cl)n1)C(C)=O. The molecule has 1 aromatic carbocycles. The van der Waals surface area contributed by atoms with Gasteiger partial charge in [-0.25, -0.2) is 15.0 Å². The van der Waals surface area contributed by atoms with Crippen LogP contribution in [0.3, 0.4) is 0 Å². The van der Waals surface area contributed by atoms with E-state index < -0.39 is 7.59 Å². The van der Waals surface area contributed by atoms with E-state index >= 15 is 0 Å². The van der Waals surface area contributed by atoms with Crippen LogP contribution in [0.15, 0.2) is 35.9 Å². The predicted molar refractivity (Wildman–Crippen MR) is 128 cm³/mol. The Balaban J connectivity index is 2.82. The van der Waals surface area contributed by atoms with Crippen molar-refractivity contribution in [2.45, 2.75) is 27.9 Å². The minimum absolute atomic E-state index is 0.0916. The fourth-order valence-electron chi connectivity index (χ4n) is 2.42. The Morgan fingerprint density at radius 1 is 1.03 bits per heavy atom. The fourth-order valence-corrected chi connectivity index (χ4v) is 2.93. The number of nitrogens with zero attached hydrogens (tertiary/aromatic N) is 3. The molecule has 0 aliphatic rings. The largest absolute Gasteiger partial charge is 0.497 e. The van der Waals surface area contributed by atoms with Crippen molar-refractivity contribution in [1.82, 2.24) is 15.0 Å². The second kappa shape index (κ2) is 10.7. The lowest BCUT2D eigenvalue weighted by Gasteiger charge is -2.16. The van der Waals surface area contributed by atoms with E-state index in [2.05, 4.69) is 15.0 Å². The molecule has 1 heterocycles. The highest BCUT2D eigenvalue weighted by molar-refractivity contribution is 6.67. The average molecular weight is 544 g/mol. The van der Waals surface area contributed by atoms with E-state index in [1.807, 2.05) is 13.0 Å². The van der Waals surface area contributed by atoms with Crippen molar-refractivity contribution in [3.8, 4) is 17.1 Å². The van der Waals surface area contributed by atoms with E-state index in [4.69, 9.17) is 74.3 Å². The van der Waals surface area contributed by atoms with Crippen molar-refractivity contribution in [2.24, 2.45) is 0 Å². The van der Waals surface area contributed by atoms with Crippen LogP contribution in [0.5, 0.6) is 5.75 Å². The number of Topliss-reactive ketones (excluding diaryl/α,β-unsaturated/α-hetero) is 1. The van der Waals surface area contributed by atoms with Gasteiger partial charge in [-0.1, -0.05) is 88.7 Å². The first-order valence-electron chi connectivity index (χ1n) is 8.84. The Labute approximate surface area is 210 Å². The quantitative estimate of drug-likeness (QED) is 0.220. The first-order valence-corrected chi connectivity index (χ1v) is 11.1. The summed E-state index contributed by atoms with van der Waals surface area (Å²) in [6, 6.07) is 5.09. The van der Waals surface area contributed by atoms with Crippen LogP contribution >= 0.6 is 69.6 Å². The van der Waals surface area contributed by atoms with Crippen LogP contribution in [0, 0.1) is 0 Å². The molecule has 0 bridgehead atoms. The lowest BCUT2D eigenvalue weighted by atomic mass is 10.0. The van der Waals surface area contributed by atoms with Gasteiger partial charge >= 0.3 is 0 Å². The Hall–Kier alpha value is -1.08. The van der Waals surface area contributed by atoms with Gasteiger partial charge in [0, 0.05) is 11.1 Å². The van der Waals surface area contributed by atoms with Crippen LogP contribution in [-0.2, 0) is 12.4 Å². The number of ether oxygens (including phenoxy) is 1. The third-order valence-corrected chi connectivity index (χ3v) is 4.91. The number of methoxy groups -OCH3 is 1. The molecule has 2 aromatic rings. The molecule has 0 aliphatic heterocycles. The Bertz CT molecular complexity index is 994. The maximum absolute atomic E-state index is 12.1. The van der Waals surface area contributed by atoms with Gasteiger partial charge in [-0.05, 0) is 43.2 Å². The van der Waals surface area contributed by atoms with Gasteiger partial charge in [-0.15, -0.1) is 0 Å². The summed E-state index contributed by atoms with van der Waals surface area (Å²) >= 11 is 35.8. The smallest absolute Gasteiger partial charge is 0.250 e. The molecule has 1 aromatic heterocycles. The number of rotatable bonds is 6. The zero-order valence-electron chi connectivity index (χ0n) is 16.6. The molecule has 0 unspecified atom stereocenters. The van der Waals surface area contributed by atoms with E-state index in [1.165, 1.54) is 14.0 Å². The van der Waals surface area contributed by atoms with Gasteiger partial charge in [0.05, 0.1) is 7.11 Å². The molecule has 0 radical (unpaired) electrons. The molecule has 0 saturated heterocycles. The minimum Gasteiger partial charge on any atom is -0.497 e. The van der Waals surface area contributed by atoms with Crippen LogP contribution in [0.4, 0.5) is 0 Å². The predicted octanol–water partition coefficient (Wildman–Crippen LogP) is 7.14. The lowest BCUT2D eigenvalue weighted by molar-refractivity contribution is -0.113. The van der Waals surface area contributed by atoms with Crippen LogP contribution in [0.1, 0.15) is 37.5 Å². The maximum Gasteiger partial charge on any atom is 0.250 e. The highest BCUT2D eigenvalue weighted by atomic mass is 35.6. The third kappa shape index (κ3) is 7.21. The van der Waals surface area contributed by atoms with Gasteiger partial charge in [-0.3, -0.25) is 4.79 Å². The molecular weight excluding hydrogens is 527 g/mol. The molecule has 0 atom stereocenters. The molecule has 0 amide bonds. The second-order valence-corrected chi connectivity index (χ2v) is 10.8. The van der Waals surface area contributed by atoms with Gasteiger partial charge in [0.1, 0.15) is 5.75 Å². The van der Waals surface area contributed by atoms with Gasteiger partial charge in [-0.2, -0.15) is 0 Å². The van der Waals surface area contributed by atoms with E-state index in [1.54, 1.807) is 30.4 Å². The lowest BCUT2D eigenvalue weighted by Crippen LogP contribution is -2.17. The monoisotopic (exact) mass is 541 g/mol. The second-order valence-electron chi connectivity index (χ2n) is 6.22. The molecule has 0 aliphatic carbocycles. The number of hydrogen-bond acceptors (Lipinski definition) is 5. The van der Waals surface area contributed by atoms with Gasteiger partial charge < -0.3 is 4.74 Å². The summed E-state index contributed by atoms with van der Waals surface area (Å²) in [6.07, 6.45) is 6.05. The summed E-state index contributed by atoms with van der Waals surface area (Å²) < 4.78 is 1.34. The van der Waals surface area contributed by atoms with Crippen molar-refractivity contribution in [2.75, 3.05) is 7.11 Å². The van der Waals surface area contributed by atoms with Crippen molar-refractivity contribution < 1.29 is 9.53 Å². The number of hydrogen-bond donors (Lipinski definition) is 0. The number of alkyl halides is 6. The van der Waals surface area contributed by atoms with Crippen LogP contribution in [-0.4, -0.2) is 27.8 Å². The molecule has 0 fully saturated rings. The zero-order chi connectivity index (χ0) is 23.4. The van der Waals surface area contributed by atoms with Crippen molar-refractivity contribution in [3.63, 3.8) is 0 Å². The molecule has 5 nitrogen and oxygen atoms in total. The summed E-state index contributed by atoms with van der Waals surface area (Å²) in [6.45, 7) is 3.43. The van der Waals surface area contributed by atoms with E-state index in [0.29, 0.717) is 22.4 Å². The highest BCUT2D eigenvalue weighted by Gasteiger charge is 2.34. The van der Waals surface area contributed by atoms with Crippen molar-refractivity contribution in [1.29, 1.82) is 0 Å². The number of carbonyl (C=O) groups is 1. The summed E-state index contributed by atoms with van der Waals surface area (Å²) in [5.41, 5.74) is 1.52. The van der Waals surface area contributed by atoms with Gasteiger partial charge in [0.2, 0.25) is 7.59 Å². The van der Waals surface area contributed by atoms with Crippen LogP contribution in [0.25, 0.3) is 17.5 Å².